The van der Waals surface area contributed by atoms with Gasteiger partial charge in [-0.05, 0) is 18.8 Å². The molecule has 3 atom stereocenters. The van der Waals surface area contributed by atoms with Crippen molar-refractivity contribution in [2.24, 2.45) is 5.92 Å². The van der Waals surface area contributed by atoms with Gasteiger partial charge < -0.3 is 10.4 Å². The summed E-state index contributed by atoms with van der Waals surface area (Å²) in [6, 6.07) is 0.473. The highest BCUT2D eigenvalue weighted by Gasteiger charge is 2.19. The summed E-state index contributed by atoms with van der Waals surface area (Å²) in [6.45, 7) is 3.02. The first-order valence-corrected chi connectivity index (χ1v) is 7.13. The van der Waals surface area contributed by atoms with Crippen molar-refractivity contribution in [1.29, 1.82) is 0 Å². The lowest BCUT2D eigenvalue weighted by atomic mass is 9.87. The molecule has 1 fully saturated rings. The van der Waals surface area contributed by atoms with Gasteiger partial charge in [0.1, 0.15) is 12.4 Å². The highest BCUT2D eigenvalue weighted by Crippen LogP contribution is 2.23. The van der Waals surface area contributed by atoms with Crippen molar-refractivity contribution in [2.75, 3.05) is 6.54 Å². The summed E-state index contributed by atoms with van der Waals surface area (Å²) in [7, 11) is 0. The van der Waals surface area contributed by atoms with Gasteiger partial charge in [-0.15, -0.1) is 0 Å². The van der Waals surface area contributed by atoms with Crippen LogP contribution in [0.1, 0.15) is 32.6 Å². The highest BCUT2D eigenvalue weighted by molar-refractivity contribution is 5.20. The Bertz CT molecular complexity index is 449. The average molecular weight is 282 g/mol. The molecule has 112 valence electrons. The molecule has 2 rings (SSSR count). The van der Waals surface area contributed by atoms with Crippen molar-refractivity contribution < 1.29 is 10.0 Å². The Labute approximate surface area is 118 Å². The standard InChI is InChI=1S/C13H22N4O3/c1-10-3-2-4-11(5-10)14-7-13(18)9-16-8-12(6-15-16)17(19)20/h6,8,10-11,13-14,18H,2-5,7,9H2,1H3. The van der Waals surface area contributed by atoms with Gasteiger partial charge in [0.15, 0.2) is 0 Å². The quantitative estimate of drug-likeness (QED) is 0.606. The van der Waals surface area contributed by atoms with E-state index in [1.807, 2.05) is 0 Å². The number of aliphatic hydroxyl groups excluding tert-OH is 1. The molecule has 7 heteroatoms. The van der Waals surface area contributed by atoms with Gasteiger partial charge in [0.2, 0.25) is 0 Å². The van der Waals surface area contributed by atoms with Crippen molar-refractivity contribution in [2.45, 2.75) is 51.3 Å². The van der Waals surface area contributed by atoms with E-state index < -0.39 is 11.0 Å². The van der Waals surface area contributed by atoms with E-state index in [0.717, 1.165) is 18.8 Å². The van der Waals surface area contributed by atoms with Crippen LogP contribution < -0.4 is 5.32 Å². The Morgan fingerprint density at radius 2 is 2.45 bits per heavy atom. The molecule has 0 aliphatic heterocycles. The molecule has 7 nitrogen and oxygen atoms in total. The first-order chi connectivity index (χ1) is 9.54. The van der Waals surface area contributed by atoms with E-state index in [9.17, 15) is 15.2 Å². The Balaban J connectivity index is 1.74. The van der Waals surface area contributed by atoms with Crippen molar-refractivity contribution in [3.8, 4) is 0 Å². The molecule has 0 aromatic carbocycles. The van der Waals surface area contributed by atoms with Crippen LogP contribution in [0.25, 0.3) is 0 Å². The van der Waals surface area contributed by atoms with E-state index >= 15 is 0 Å². The summed E-state index contributed by atoms with van der Waals surface area (Å²) in [5, 5.41) is 27.7. The number of rotatable bonds is 6. The molecular weight excluding hydrogens is 260 g/mol. The Kier molecular flexibility index (Phi) is 5.08. The monoisotopic (exact) mass is 282 g/mol. The fraction of sp³-hybridized carbons (Fsp3) is 0.769. The van der Waals surface area contributed by atoms with E-state index in [4.69, 9.17) is 0 Å². The van der Waals surface area contributed by atoms with Crippen LogP contribution in [0.3, 0.4) is 0 Å². The maximum absolute atomic E-state index is 10.5. The zero-order valence-corrected chi connectivity index (χ0v) is 11.7. The normalized spacial score (nSPS) is 24.5. The van der Waals surface area contributed by atoms with E-state index in [1.54, 1.807) is 0 Å². The summed E-state index contributed by atoms with van der Waals surface area (Å²) in [5.41, 5.74) is -0.0498. The van der Waals surface area contributed by atoms with Gasteiger partial charge >= 0.3 is 5.69 Å². The van der Waals surface area contributed by atoms with Crippen LogP contribution >= 0.6 is 0 Å². The molecule has 0 bridgehead atoms. The average Bonchev–Trinajstić information content (AvgIpc) is 2.85. The molecule has 1 heterocycles. The minimum absolute atomic E-state index is 0.0498. The van der Waals surface area contributed by atoms with Gasteiger partial charge in [0.05, 0.1) is 17.6 Å². The molecule has 0 amide bonds. The van der Waals surface area contributed by atoms with Gasteiger partial charge in [-0.25, -0.2) is 0 Å². The summed E-state index contributed by atoms with van der Waals surface area (Å²) < 4.78 is 1.41. The van der Waals surface area contributed by atoms with Crippen LogP contribution in [0.2, 0.25) is 0 Å². The van der Waals surface area contributed by atoms with Crippen LogP contribution in [-0.2, 0) is 6.54 Å². The predicted octanol–water partition coefficient (Wildman–Crippen LogP) is 1.32. The van der Waals surface area contributed by atoms with Crippen LogP contribution in [0.15, 0.2) is 12.4 Å². The van der Waals surface area contributed by atoms with E-state index in [1.165, 1.54) is 29.9 Å². The molecular formula is C13H22N4O3. The number of nitro groups is 1. The van der Waals surface area contributed by atoms with Gasteiger partial charge in [0, 0.05) is 12.6 Å². The molecule has 1 saturated carbocycles. The van der Waals surface area contributed by atoms with Crippen molar-refractivity contribution in [3.63, 3.8) is 0 Å². The molecule has 1 aliphatic carbocycles. The highest BCUT2D eigenvalue weighted by atomic mass is 16.6. The molecule has 1 aliphatic rings. The number of nitrogens with one attached hydrogen (secondary N) is 1. The lowest BCUT2D eigenvalue weighted by Gasteiger charge is -2.28. The lowest BCUT2D eigenvalue weighted by molar-refractivity contribution is -0.385. The van der Waals surface area contributed by atoms with Crippen LogP contribution in [0, 0.1) is 16.0 Å². The largest absolute Gasteiger partial charge is 0.390 e. The smallest absolute Gasteiger partial charge is 0.306 e. The zero-order chi connectivity index (χ0) is 14.5. The molecule has 2 N–H and O–H groups in total. The van der Waals surface area contributed by atoms with Crippen LogP contribution in [0.5, 0.6) is 0 Å². The predicted molar refractivity (Wildman–Crippen MR) is 74.3 cm³/mol. The molecule has 0 spiro atoms. The summed E-state index contributed by atoms with van der Waals surface area (Å²) in [6.07, 6.45) is 6.78. The van der Waals surface area contributed by atoms with E-state index in [-0.39, 0.29) is 12.2 Å². The summed E-state index contributed by atoms with van der Waals surface area (Å²) in [4.78, 5) is 10.1. The Hall–Kier alpha value is -1.47. The number of hydrogen-bond acceptors (Lipinski definition) is 5. The molecule has 0 radical (unpaired) electrons. The third-order valence-electron chi connectivity index (χ3n) is 3.81. The number of nitrogens with zero attached hydrogens (tertiary/aromatic N) is 3. The number of hydrogen-bond donors (Lipinski definition) is 2. The second-order valence-electron chi connectivity index (χ2n) is 5.71. The van der Waals surface area contributed by atoms with Gasteiger partial charge in [-0.1, -0.05) is 19.8 Å². The van der Waals surface area contributed by atoms with Crippen molar-refractivity contribution in [1.82, 2.24) is 15.1 Å². The molecule has 0 saturated heterocycles. The number of aliphatic hydroxyl groups is 1. The van der Waals surface area contributed by atoms with E-state index in [2.05, 4.69) is 17.3 Å². The minimum atomic E-state index is -0.591. The topological polar surface area (TPSA) is 93.2 Å². The summed E-state index contributed by atoms with van der Waals surface area (Å²) >= 11 is 0. The molecule has 3 unspecified atom stereocenters. The molecule has 1 aromatic rings. The Morgan fingerprint density at radius 3 is 3.10 bits per heavy atom. The van der Waals surface area contributed by atoms with Gasteiger partial charge in [0.25, 0.3) is 0 Å². The molecule has 20 heavy (non-hydrogen) atoms. The van der Waals surface area contributed by atoms with Crippen molar-refractivity contribution >= 4 is 5.69 Å². The third kappa shape index (κ3) is 4.28. The zero-order valence-electron chi connectivity index (χ0n) is 11.7. The van der Waals surface area contributed by atoms with Crippen LogP contribution in [-0.4, -0.2) is 38.5 Å². The third-order valence-corrected chi connectivity index (χ3v) is 3.81. The fourth-order valence-corrected chi connectivity index (χ4v) is 2.75. The van der Waals surface area contributed by atoms with Crippen molar-refractivity contribution in [3.05, 3.63) is 22.5 Å². The maximum Gasteiger partial charge on any atom is 0.306 e. The second kappa shape index (κ2) is 6.81. The Morgan fingerprint density at radius 1 is 1.65 bits per heavy atom. The van der Waals surface area contributed by atoms with E-state index in [0.29, 0.717) is 12.6 Å². The van der Waals surface area contributed by atoms with Gasteiger partial charge in [-0.3, -0.25) is 14.8 Å². The summed E-state index contributed by atoms with van der Waals surface area (Å²) in [5.74, 6) is 0.743. The maximum atomic E-state index is 10.5. The SMILES string of the molecule is CC1CCCC(NCC(O)Cn2cc([N+](=O)[O-])cn2)C1. The second-order valence-corrected chi connectivity index (χ2v) is 5.71. The molecule has 1 aromatic heterocycles. The van der Waals surface area contributed by atoms with Crippen LogP contribution in [0.4, 0.5) is 5.69 Å². The lowest BCUT2D eigenvalue weighted by Crippen LogP contribution is -2.39. The number of aromatic nitrogens is 2. The fourth-order valence-electron chi connectivity index (χ4n) is 2.75. The minimum Gasteiger partial charge on any atom is -0.390 e. The van der Waals surface area contributed by atoms with Gasteiger partial charge in [-0.2, -0.15) is 5.10 Å². The first kappa shape index (κ1) is 14.9. The first-order valence-electron chi connectivity index (χ1n) is 7.13.